The highest BCUT2D eigenvalue weighted by molar-refractivity contribution is 7.89. The van der Waals surface area contributed by atoms with Crippen molar-refractivity contribution >= 4 is 21.6 Å². The van der Waals surface area contributed by atoms with E-state index in [1.807, 2.05) is 19.1 Å². The number of hydrogen-bond acceptors (Lipinski definition) is 7. The first-order valence-electron chi connectivity index (χ1n) is 13.8. The number of carbonyl (C=O) groups excluding carboxylic acids is 1. The minimum Gasteiger partial charge on any atom is -0.494 e. The van der Waals surface area contributed by atoms with Crippen LogP contribution in [-0.4, -0.2) is 76.0 Å². The number of nitrogens with one attached hydrogen (secondary N) is 1. The number of rotatable bonds is 10. The van der Waals surface area contributed by atoms with Crippen LogP contribution in [0.3, 0.4) is 0 Å². The molecule has 0 aromatic heterocycles. The third-order valence-electron chi connectivity index (χ3n) is 8.25. The average molecular weight is 546 g/mol. The summed E-state index contributed by atoms with van der Waals surface area (Å²) in [5, 5.41) is 3.20. The summed E-state index contributed by atoms with van der Waals surface area (Å²) >= 11 is 0. The summed E-state index contributed by atoms with van der Waals surface area (Å²) in [6.07, 6.45) is 8.07. The van der Waals surface area contributed by atoms with Crippen LogP contribution < -0.4 is 5.32 Å². The van der Waals surface area contributed by atoms with Gasteiger partial charge in [-0.1, -0.05) is 24.1 Å². The van der Waals surface area contributed by atoms with Gasteiger partial charge in [0.25, 0.3) is 0 Å². The Labute approximate surface area is 225 Å². The summed E-state index contributed by atoms with van der Waals surface area (Å²) < 4.78 is 46.7. The van der Waals surface area contributed by atoms with Crippen molar-refractivity contribution in [2.45, 2.75) is 68.9 Å². The van der Waals surface area contributed by atoms with Crippen LogP contribution >= 0.6 is 0 Å². The molecular weight excluding hydrogens is 506 g/mol. The topological polar surface area (TPSA) is 107 Å². The monoisotopic (exact) mass is 545 g/mol. The molecule has 4 aliphatic rings. The lowest BCUT2D eigenvalue weighted by Crippen LogP contribution is -2.56. The van der Waals surface area contributed by atoms with Gasteiger partial charge in [-0.2, -0.15) is 4.31 Å². The summed E-state index contributed by atoms with van der Waals surface area (Å²) in [6.45, 7) is 4.92. The van der Waals surface area contributed by atoms with Crippen molar-refractivity contribution in [1.29, 1.82) is 0 Å². The van der Waals surface area contributed by atoms with E-state index in [2.05, 4.69) is 10.3 Å². The van der Waals surface area contributed by atoms with E-state index in [4.69, 9.17) is 14.2 Å². The van der Waals surface area contributed by atoms with E-state index in [-0.39, 0.29) is 17.4 Å². The number of sulfonamides is 1. The van der Waals surface area contributed by atoms with E-state index in [0.717, 1.165) is 50.2 Å². The van der Waals surface area contributed by atoms with Crippen molar-refractivity contribution in [3.8, 4) is 0 Å². The Morgan fingerprint density at radius 3 is 2.63 bits per heavy atom. The largest absolute Gasteiger partial charge is 0.494 e. The quantitative estimate of drug-likeness (QED) is 0.484. The number of amides is 1. The van der Waals surface area contributed by atoms with Gasteiger partial charge in [0.2, 0.25) is 15.9 Å². The van der Waals surface area contributed by atoms with Crippen LogP contribution in [0.4, 0.5) is 0 Å². The normalized spacial score (nSPS) is 24.8. The van der Waals surface area contributed by atoms with Crippen molar-refractivity contribution < 1.29 is 27.4 Å². The summed E-state index contributed by atoms with van der Waals surface area (Å²) in [5.74, 6) is 0.366. The van der Waals surface area contributed by atoms with E-state index >= 15 is 0 Å². The maximum atomic E-state index is 13.9. The van der Waals surface area contributed by atoms with Crippen LogP contribution in [0.2, 0.25) is 0 Å². The van der Waals surface area contributed by atoms with Gasteiger partial charge >= 0.3 is 0 Å². The third-order valence-corrected chi connectivity index (χ3v) is 10.2. The van der Waals surface area contributed by atoms with Crippen LogP contribution in [0.15, 0.2) is 46.6 Å². The lowest BCUT2D eigenvalue weighted by molar-refractivity contribution is -0.135. The molecule has 1 aliphatic carbocycles. The fourth-order valence-corrected chi connectivity index (χ4v) is 7.47. The molecule has 38 heavy (non-hydrogen) atoms. The third kappa shape index (κ3) is 5.98. The van der Waals surface area contributed by atoms with E-state index < -0.39 is 27.6 Å². The molecule has 0 bridgehead atoms. The smallest absolute Gasteiger partial charge is 0.243 e. The molecule has 0 radical (unpaired) electrons. The maximum absolute atomic E-state index is 13.9. The molecule has 3 fully saturated rings. The number of piperidine rings is 1. The van der Waals surface area contributed by atoms with Gasteiger partial charge in [-0.05, 0) is 63.5 Å². The van der Waals surface area contributed by atoms with Gasteiger partial charge in [0, 0.05) is 26.3 Å². The highest BCUT2D eigenvalue weighted by atomic mass is 32.2. The lowest BCUT2D eigenvalue weighted by atomic mass is 9.87. The fraction of sp³-hybridized carbons (Fsp3) is 0.643. The maximum Gasteiger partial charge on any atom is 0.243 e. The molecule has 5 rings (SSSR count). The molecule has 1 saturated carbocycles. The van der Waals surface area contributed by atoms with Crippen LogP contribution in [0.5, 0.6) is 0 Å². The van der Waals surface area contributed by atoms with Gasteiger partial charge in [-0.25, -0.2) is 8.42 Å². The Kier molecular flexibility index (Phi) is 8.52. The highest BCUT2D eigenvalue weighted by Gasteiger charge is 2.60. The Bertz CT molecular complexity index is 1140. The first-order chi connectivity index (χ1) is 18.4. The van der Waals surface area contributed by atoms with Gasteiger partial charge in [-0.15, -0.1) is 0 Å². The fourth-order valence-electron chi connectivity index (χ4n) is 5.78. The molecular formula is C28H39N3O6S. The number of hydrogen-bond donors (Lipinski definition) is 1. The number of aryl methyl sites for hydroxylation is 1. The van der Waals surface area contributed by atoms with Crippen molar-refractivity contribution in [3.63, 3.8) is 0 Å². The number of carbonyl (C=O) groups is 1. The highest BCUT2D eigenvalue weighted by Crippen LogP contribution is 2.53. The molecule has 1 aromatic carbocycles. The second-order valence-electron chi connectivity index (χ2n) is 10.9. The van der Waals surface area contributed by atoms with Crippen molar-refractivity contribution in [1.82, 2.24) is 9.62 Å². The molecule has 1 aromatic rings. The minimum atomic E-state index is -3.76. The number of aliphatic imine (C=N–C) groups is 1. The number of benzene rings is 1. The molecule has 208 valence electrons. The molecule has 2 unspecified atom stereocenters. The standard InChI is InChI=1S/C28H39N3O6S/c1-21-5-7-24(8-6-21)38(33,34)31-14-3-2-4-25(31)26(37-20-23-19-36-17-13-29-23)28(11-12-28)27(32)30-18-22-9-15-35-16-10-22/h5-8,13,17,22,25-26H,2-4,9-12,14-16,18-20H2,1H3,(H,30,32). The second-order valence-corrected chi connectivity index (χ2v) is 12.8. The molecule has 2 saturated heterocycles. The zero-order valence-corrected chi connectivity index (χ0v) is 23.0. The first-order valence-corrected chi connectivity index (χ1v) is 15.2. The SMILES string of the molecule is Cc1ccc(S(=O)(=O)N2CCCCC2C(OCC2=NC=COC2)C2(C(=O)NCC3CCOCC3)CC2)cc1. The van der Waals surface area contributed by atoms with Crippen LogP contribution in [-0.2, 0) is 29.0 Å². The van der Waals surface area contributed by atoms with Crippen LogP contribution in [0, 0.1) is 18.3 Å². The number of ether oxygens (including phenoxy) is 3. The van der Waals surface area contributed by atoms with Gasteiger partial charge in [0.15, 0.2) is 0 Å². The summed E-state index contributed by atoms with van der Waals surface area (Å²) in [7, 11) is -3.76. The Balaban J connectivity index is 1.40. The van der Waals surface area contributed by atoms with Gasteiger partial charge in [0.05, 0.1) is 41.0 Å². The Morgan fingerprint density at radius 1 is 1.18 bits per heavy atom. The van der Waals surface area contributed by atoms with Crippen LogP contribution in [0.25, 0.3) is 0 Å². The molecule has 9 nitrogen and oxygen atoms in total. The predicted octanol–water partition coefficient (Wildman–Crippen LogP) is 3.19. The molecule has 1 amide bonds. The molecule has 2 atom stereocenters. The van der Waals surface area contributed by atoms with Crippen LogP contribution in [0.1, 0.15) is 50.5 Å². The number of nitrogens with zero attached hydrogens (tertiary/aromatic N) is 2. The first kappa shape index (κ1) is 27.3. The van der Waals surface area contributed by atoms with Gasteiger partial charge in [0.1, 0.15) is 12.9 Å². The Morgan fingerprint density at radius 2 is 1.95 bits per heavy atom. The van der Waals surface area contributed by atoms with Crippen molar-refractivity contribution in [3.05, 3.63) is 42.3 Å². The van der Waals surface area contributed by atoms with E-state index in [1.165, 1.54) is 6.26 Å². The van der Waals surface area contributed by atoms with E-state index in [0.29, 0.717) is 44.9 Å². The zero-order chi connectivity index (χ0) is 26.6. The van der Waals surface area contributed by atoms with Gasteiger partial charge < -0.3 is 19.5 Å². The summed E-state index contributed by atoms with van der Waals surface area (Å²) in [4.78, 5) is 18.3. The Hall–Kier alpha value is -2.27. The molecule has 3 heterocycles. The van der Waals surface area contributed by atoms with Crippen molar-refractivity contribution in [2.24, 2.45) is 16.3 Å². The summed E-state index contributed by atoms with van der Waals surface area (Å²) in [5.41, 5.74) is 0.975. The summed E-state index contributed by atoms with van der Waals surface area (Å²) in [6, 6.07) is 6.54. The van der Waals surface area contributed by atoms with Gasteiger partial charge in [-0.3, -0.25) is 9.79 Å². The minimum absolute atomic E-state index is 0.0334. The molecule has 10 heteroatoms. The van der Waals surface area contributed by atoms with E-state index in [1.54, 1.807) is 22.6 Å². The van der Waals surface area contributed by atoms with E-state index in [9.17, 15) is 13.2 Å². The molecule has 0 spiro atoms. The lowest BCUT2D eigenvalue weighted by Gasteiger charge is -2.42. The zero-order valence-electron chi connectivity index (χ0n) is 22.1. The second kappa shape index (κ2) is 11.9. The predicted molar refractivity (Wildman–Crippen MR) is 143 cm³/mol. The molecule has 3 aliphatic heterocycles. The molecule has 1 N–H and O–H groups in total. The average Bonchev–Trinajstić information content (AvgIpc) is 3.75. The van der Waals surface area contributed by atoms with Crippen molar-refractivity contribution in [2.75, 3.05) is 39.5 Å².